The second-order valence-electron chi connectivity index (χ2n) is 5.21. The van der Waals surface area contributed by atoms with E-state index in [9.17, 15) is 9.59 Å². The standard InChI is InChI=1S/C19H25NO4/c1-3-16-7-9-17(10-8-16)15-24-14-6-4-5-13-20-18(21)11-12-19(22)23-2/h3,7-12H,1,4-6,13-15H2,2H3,(H,20,21)/b12-11+. The summed E-state index contributed by atoms with van der Waals surface area (Å²) in [6, 6.07) is 8.11. The number of ether oxygens (including phenoxy) is 2. The van der Waals surface area contributed by atoms with Gasteiger partial charge in [-0.05, 0) is 30.4 Å². The highest BCUT2D eigenvalue weighted by Gasteiger charge is 1.98. The minimum Gasteiger partial charge on any atom is -0.466 e. The second-order valence-corrected chi connectivity index (χ2v) is 5.21. The number of hydrogen-bond acceptors (Lipinski definition) is 4. The van der Waals surface area contributed by atoms with Crippen LogP contribution in [0.3, 0.4) is 0 Å². The molecule has 0 heterocycles. The monoisotopic (exact) mass is 331 g/mol. The van der Waals surface area contributed by atoms with Crippen LogP contribution < -0.4 is 5.32 Å². The molecule has 1 aromatic carbocycles. The molecule has 0 aliphatic carbocycles. The molecule has 5 heteroatoms. The maximum atomic E-state index is 11.4. The zero-order valence-electron chi connectivity index (χ0n) is 14.1. The third-order valence-electron chi connectivity index (χ3n) is 3.32. The molecule has 0 bridgehead atoms. The lowest BCUT2D eigenvalue weighted by Crippen LogP contribution is -2.22. The van der Waals surface area contributed by atoms with E-state index < -0.39 is 5.97 Å². The van der Waals surface area contributed by atoms with E-state index in [1.807, 2.05) is 30.3 Å². The Bertz CT molecular complexity index is 549. The molecule has 1 rings (SSSR count). The number of methoxy groups -OCH3 is 1. The highest BCUT2D eigenvalue weighted by Crippen LogP contribution is 2.07. The van der Waals surface area contributed by atoms with E-state index >= 15 is 0 Å². The average Bonchev–Trinajstić information content (AvgIpc) is 2.62. The number of carbonyl (C=O) groups excluding carboxylic acids is 2. The van der Waals surface area contributed by atoms with Gasteiger partial charge in [-0.1, -0.05) is 36.9 Å². The molecule has 0 unspecified atom stereocenters. The van der Waals surface area contributed by atoms with Crippen LogP contribution in [0, 0.1) is 0 Å². The molecule has 130 valence electrons. The number of unbranched alkanes of at least 4 members (excludes halogenated alkanes) is 2. The minimum atomic E-state index is -0.540. The van der Waals surface area contributed by atoms with Crippen molar-refractivity contribution in [1.82, 2.24) is 5.32 Å². The number of nitrogens with one attached hydrogen (secondary N) is 1. The molecule has 0 atom stereocenters. The zero-order chi connectivity index (χ0) is 17.6. The first-order valence-electron chi connectivity index (χ1n) is 7.98. The molecule has 0 spiro atoms. The second kappa shape index (κ2) is 12.1. The van der Waals surface area contributed by atoms with Crippen molar-refractivity contribution in [1.29, 1.82) is 0 Å². The Balaban J connectivity index is 2.00. The van der Waals surface area contributed by atoms with Gasteiger partial charge < -0.3 is 14.8 Å². The quantitative estimate of drug-likeness (QED) is 0.385. The molecule has 0 aromatic heterocycles. The lowest BCUT2D eigenvalue weighted by atomic mass is 10.1. The molecule has 0 fully saturated rings. The van der Waals surface area contributed by atoms with Crippen LogP contribution in [0.2, 0.25) is 0 Å². The predicted octanol–water partition coefficient (Wildman–Crippen LogP) is 2.86. The van der Waals surface area contributed by atoms with Crippen molar-refractivity contribution in [2.45, 2.75) is 25.9 Å². The van der Waals surface area contributed by atoms with E-state index in [4.69, 9.17) is 4.74 Å². The Morgan fingerprint density at radius 1 is 1.12 bits per heavy atom. The first kappa shape index (κ1) is 19.6. The Labute approximate surface area is 143 Å². The molecule has 0 radical (unpaired) electrons. The van der Waals surface area contributed by atoms with Crippen LogP contribution in [0.5, 0.6) is 0 Å². The summed E-state index contributed by atoms with van der Waals surface area (Å²) in [5.41, 5.74) is 2.24. The molecule has 0 aliphatic rings. The van der Waals surface area contributed by atoms with Crippen LogP contribution in [-0.4, -0.2) is 32.1 Å². The number of amides is 1. The van der Waals surface area contributed by atoms with Gasteiger partial charge in [-0.3, -0.25) is 4.79 Å². The van der Waals surface area contributed by atoms with E-state index in [2.05, 4.69) is 16.6 Å². The van der Waals surface area contributed by atoms with Crippen LogP contribution in [0.1, 0.15) is 30.4 Å². The summed E-state index contributed by atoms with van der Waals surface area (Å²) < 4.78 is 10.0. The van der Waals surface area contributed by atoms with Gasteiger partial charge in [0.2, 0.25) is 5.91 Å². The molecule has 1 amide bonds. The maximum absolute atomic E-state index is 11.4. The average molecular weight is 331 g/mol. The van der Waals surface area contributed by atoms with E-state index in [-0.39, 0.29) is 5.91 Å². The van der Waals surface area contributed by atoms with Crippen molar-refractivity contribution in [2.24, 2.45) is 0 Å². The van der Waals surface area contributed by atoms with E-state index in [0.717, 1.165) is 36.5 Å². The van der Waals surface area contributed by atoms with Crippen molar-refractivity contribution in [2.75, 3.05) is 20.3 Å². The zero-order valence-corrected chi connectivity index (χ0v) is 14.1. The third-order valence-corrected chi connectivity index (χ3v) is 3.32. The maximum Gasteiger partial charge on any atom is 0.330 e. The summed E-state index contributed by atoms with van der Waals surface area (Å²) in [5.74, 6) is -0.832. The van der Waals surface area contributed by atoms with Gasteiger partial charge in [-0.15, -0.1) is 0 Å². The van der Waals surface area contributed by atoms with Gasteiger partial charge >= 0.3 is 5.97 Å². The van der Waals surface area contributed by atoms with Gasteiger partial charge in [0.25, 0.3) is 0 Å². The molecule has 0 aliphatic heterocycles. The highest BCUT2D eigenvalue weighted by molar-refractivity contribution is 5.94. The van der Waals surface area contributed by atoms with Gasteiger partial charge in [0, 0.05) is 25.3 Å². The lowest BCUT2D eigenvalue weighted by Gasteiger charge is -2.05. The summed E-state index contributed by atoms with van der Waals surface area (Å²) in [7, 11) is 1.27. The van der Waals surface area contributed by atoms with Crippen molar-refractivity contribution < 1.29 is 19.1 Å². The number of benzene rings is 1. The Morgan fingerprint density at radius 3 is 2.54 bits per heavy atom. The first-order valence-corrected chi connectivity index (χ1v) is 7.98. The number of carbonyl (C=O) groups is 2. The topological polar surface area (TPSA) is 64.6 Å². The number of hydrogen-bond donors (Lipinski definition) is 1. The van der Waals surface area contributed by atoms with E-state index in [1.165, 1.54) is 13.2 Å². The summed E-state index contributed by atoms with van der Waals surface area (Å²) in [6.07, 6.45) is 6.87. The predicted molar refractivity (Wildman–Crippen MR) is 94.2 cm³/mol. The normalized spacial score (nSPS) is 10.5. The Hall–Kier alpha value is -2.40. The van der Waals surface area contributed by atoms with Crippen molar-refractivity contribution in [3.63, 3.8) is 0 Å². The molecule has 24 heavy (non-hydrogen) atoms. The van der Waals surface area contributed by atoms with Crippen molar-refractivity contribution in [3.8, 4) is 0 Å². The number of rotatable bonds is 11. The van der Waals surface area contributed by atoms with Gasteiger partial charge in [0.05, 0.1) is 13.7 Å². The first-order chi connectivity index (χ1) is 11.7. The summed E-state index contributed by atoms with van der Waals surface area (Å²) >= 11 is 0. The molecule has 0 saturated heterocycles. The molecule has 1 aromatic rings. The van der Waals surface area contributed by atoms with Crippen molar-refractivity contribution in [3.05, 3.63) is 54.1 Å². The Kier molecular flexibility index (Phi) is 9.88. The Morgan fingerprint density at radius 2 is 1.88 bits per heavy atom. The van der Waals surface area contributed by atoms with Crippen LogP contribution in [-0.2, 0) is 25.7 Å². The molecular formula is C19H25NO4. The largest absolute Gasteiger partial charge is 0.466 e. The van der Waals surface area contributed by atoms with E-state index in [1.54, 1.807) is 0 Å². The number of esters is 1. The highest BCUT2D eigenvalue weighted by atomic mass is 16.5. The minimum absolute atomic E-state index is 0.292. The van der Waals surface area contributed by atoms with Gasteiger partial charge in [0.15, 0.2) is 0 Å². The fourth-order valence-corrected chi connectivity index (χ4v) is 1.93. The SMILES string of the molecule is C=Cc1ccc(COCCCCCNC(=O)/C=C/C(=O)OC)cc1. The molecule has 1 N–H and O–H groups in total. The van der Waals surface area contributed by atoms with E-state index in [0.29, 0.717) is 19.8 Å². The third kappa shape index (κ3) is 8.90. The summed E-state index contributed by atoms with van der Waals surface area (Å²) in [4.78, 5) is 22.2. The smallest absolute Gasteiger partial charge is 0.330 e. The summed E-state index contributed by atoms with van der Waals surface area (Å²) in [5, 5.41) is 2.71. The van der Waals surface area contributed by atoms with Gasteiger partial charge in [-0.25, -0.2) is 4.79 Å². The molecule has 5 nitrogen and oxygen atoms in total. The van der Waals surface area contributed by atoms with Gasteiger partial charge in [-0.2, -0.15) is 0 Å². The fourth-order valence-electron chi connectivity index (χ4n) is 1.93. The summed E-state index contributed by atoms with van der Waals surface area (Å²) in [6.45, 7) is 5.60. The molecular weight excluding hydrogens is 306 g/mol. The molecule has 0 saturated carbocycles. The van der Waals surface area contributed by atoms with Crippen LogP contribution in [0.4, 0.5) is 0 Å². The van der Waals surface area contributed by atoms with Crippen molar-refractivity contribution >= 4 is 18.0 Å². The van der Waals surface area contributed by atoms with Crippen LogP contribution >= 0.6 is 0 Å². The van der Waals surface area contributed by atoms with Crippen LogP contribution in [0.25, 0.3) is 6.08 Å². The lowest BCUT2D eigenvalue weighted by molar-refractivity contribution is -0.135. The van der Waals surface area contributed by atoms with Crippen LogP contribution in [0.15, 0.2) is 43.0 Å². The van der Waals surface area contributed by atoms with Gasteiger partial charge in [0.1, 0.15) is 0 Å². The fraction of sp³-hybridized carbons (Fsp3) is 0.368.